The Balaban J connectivity index is 2.08. The van der Waals surface area contributed by atoms with Gasteiger partial charge in [0.1, 0.15) is 0 Å². The molecule has 2 aromatic rings. The summed E-state index contributed by atoms with van der Waals surface area (Å²) in [6.45, 7) is 4.45. The van der Waals surface area contributed by atoms with Crippen LogP contribution in [0.1, 0.15) is 25.7 Å². The molecule has 0 spiro atoms. The topological polar surface area (TPSA) is 72.2 Å². The zero-order valence-corrected chi connectivity index (χ0v) is 13.0. The number of carbonyl (C=O) groups excluding carboxylic acids is 1. The van der Waals surface area contributed by atoms with Gasteiger partial charge in [-0.25, -0.2) is 0 Å². The van der Waals surface area contributed by atoms with E-state index < -0.39 is 4.92 Å². The van der Waals surface area contributed by atoms with Crippen LogP contribution in [0.2, 0.25) is 5.02 Å². The van der Waals surface area contributed by atoms with Crippen molar-refractivity contribution in [2.75, 3.05) is 0 Å². The molecule has 0 aliphatic carbocycles. The number of benzene rings is 1. The third kappa shape index (κ3) is 3.59. The molecule has 0 saturated heterocycles. The van der Waals surface area contributed by atoms with Crippen LogP contribution in [0.5, 0.6) is 0 Å². The van der Waals surface area contributed by atoms with Crippen LogP contribution in [-0.2, 0) is 6.54 Å². The van der Waals surface area contributed by atoms with E-state index in [0.717, 1.165) is 4.88 Å². The molecule has 5 nitrogen and oxygen atoms in total. The van der Waals surface area contributed by atoms with Crippen LogP contribution in [0.25, 0.3) is 0 Å². The smallest absolute Gasteiger partial charge is 0.270 e. The lowest BCUT2D eigenvalue weighted by atomic mass is 10.2. The van der Waals surface area contributed by atoms with Gasteiger partial charge in [-0.15, -0.1) is 11.3 Å². The molecule has 0 unspecified atom stereocenters. The monoisotopic (exact) mass is 324 g/mol. The number of rotatable bonds is 4. The molecule has 0 radical (unpaired) electrons. The summed E-state index contributed by atoms with van der Waals surface area (Å²) in [6.07, 6.45) is 0. The molecule has 110 valence electrons. The minimum absolute atomic E-state index is 0.0697. The molecule has 0 atom stereocenters. The summed E-state index contributed by atoms with van der Waals surface area (Å²) in [6, 6.07) is 5.83. The lowest BCUT2D eigenvalue weighted by molar-refractivity contribution is -0.384. The summed E-state index contributed by atoms with van der Waals surface area (Å²) < 4.78 is 0. The molecule has 1 aromatic carbocycles. The van der Waals surface area contributed by atoms with Crippen LogP contribution in [0, 0.1) is 24.0 Å². The lowest BCUT2D eigenvalue weighted by Gasteiger charge is -2.05. The Morgan fingerprint density at radius 2 is 2.10 bits per heavy atom. The first kappa shape index (κ1) is 15.5. The van der Waals surface area contributed by atoms with Crippen molar-refractivity contribution in [3.63, 3.8) is 0 Å². The maximum atomic E-state index is 12.1. The Kier molecular flexibility index (Phi) is 4.59. The third-order valence-corrected chi connectivity index (χ3v) is 4.51. The summed E-state index contributed by atoms with van der Waals surface area (Å²) in [5.74, 6) is -0.349. The summed E-state index contributed by atoms with van der Waals surface area (Å²) in [5.41, 5.74) is 1.28. The van der Waals surface area contributed by atoms with E-state index in [2.05, 4.69) is 5.32 Å². The highest BCUT2D eigenvalue weighted by atomic mass is 35.5. The van der Waals surface area contributed by atoms with Crippen LogP contribution in [0.4, 0.5) is 5.69 Å². The van der Waals surface area contributed by atoms with Crippen molar-refractivity contribution < 1.29 is 9.72 Å². The van der Waals surface area contributed by atoms with Gasteiger partial charge < -0.3 is 5.32 Å². The van der Waals surface area contributed by atoms with Gasteiger partial charge in [0.15, 0.2) is 0 Å². The number of nitro benzene ring substituents is 1. The number of thiophene rings is 1. The van der Waals surface area contributed by atoms with Gasteiger partial charge >= 0.3 is 0 Å². The van der Waals surface area contributed by atoms with E-state index >= 15 is 0 Å². The lowest BCUT2D eigenvalue weighted by Crippen LogP contribution is -2.22. The van der Waals surface area contributed by atoms with Gasteiger partial charge in [-0.1, -0.05) is 11.6 Å². The highest BCUT2D eigenvalue weighted by Crippen LogP contribution is 2.23. The molecule has 0 aliphatic heterocycles. The number of hydrogen-bond donors (Lipinski definition) is 1. The number of carbonyl (C=O) groups is 1. The van der Waals surface area contributed by atoms with Crippen molar-refractivity contribution in [3.05, 3.63) is 60.3 Å². The van der Waals surface area contributed by atoms with Crippen molar-refractivity contribution in [3.8, 4) is 0 Å². The molecule has 1 N–H and O–H groups in total. The van der Waals surface area contributed by atoms with Crippen LogP contribution in [-0.4, -0.2) is 10.8 Å². The highest BCUT2D eigenvalue weighted by molar-refractivity contribution is 7.12. The number of nitro groups is 1. The number of non-ortho nitro benzene ring substituents is 1. The van der Waals surface area contributed by atoms with Crippen molar-refractivity contribution >= 4 is 34.5 Å². The normalized spacial score (nSPS) is 10.4. The maximum Gasteiger partial charge on any atom is 0.270 e. The molecule has 2 rings (SSSR count). The van der Waals surface area contributed by atoms with Crippen LogP contribution >= 0.6 is 22.9 Å². The Labute approximate surface area is 130 Å². The summed E-state index contributed by atoms with van der Waals surface area (Å²) in [5, 5.41) is 13.5. The summed E-state index contributed by atoms with van der Waals surface area (Å²) in [4.78, 5) is 24.4. The van der Waals surface area contributed by atoms with Gasteiger partial charge in [-0.3, -0.25) is 14.9 Å². The van der Waals surface area contributed by atoms with Crippen molar-refractivity contribution in [2.45, 2.75) is 20.4 Å². The standard InChI is InChI=1S/C14H13ClN2O3S/c1-8-5-11(21-9(8)2)7-16-14(18)12-4-3-10(17(19)20)6-13(12)15/h3-6H,7H2,1-2H3,(H,16,18). The van der Waals surface area contributed by atoms with Crippen LogP contribution in [0.15, 0.2) is 24.3 Å². The maximum absolute atomic E-state index is 12.1. The van der Waals surface area contributed by atoms with Crippen molar-refractivity contribution in [1.82, 2.24) is 5.32 Å². The molecule has 1 heterocycles. The molecular weight excluding hydrogens is 312 g/mol. The number of nitrogens with zero attached hydrogens (tertiary/aromatic N) is 1. The van der Waals surface area contributed by atoms with E-state index in [0.29, 0.717) is 6.54 Å². The van der Waals surface area contributed by atoms with Crippen molar-refractivity contribution in [2.24, 2.45) is 0 Å². The fourth-order valence-electron chi connectivity index (χ4n) is 1.80. The molecule has 1 amide bonds. The zero-order valence-electron chi connectivity index (χ0n) is 11.5. The Hall–Kier alpha value is -1.92. The van der Waals surface area contributed by atoms with Crippen LogP contribution < -0.4 is 5.32 Å². The first-order valence-corrected chi connectivity index (χ1v) is 7.36. The quantitative estimate of drug-likeness (QED) is 0.685. The number of amides is 1. The van der Waals surface area contributed by atoms with Gasteiger partial charge in [-0.2, -0.15) is 0 Å². The second-order valence-electron chi connectivity index (χ2n) is 4.56. The second-order valence-corrected chi connectivity index (χ2v) is 6.30. The summed E-state index contributed by atoms with van der Waals surface area (Å²) >= 11 is 7.54. The van der Waals surface area contributed by atoms with E-state index in [4.69, 9.17) is 11.6 Å². The molecule has 0 saturated carbocycles. The minimum Gasteiger partial charge on any atom is -0.347 e. The fraction of sp³-hybridized carbons (Fsp3) is 0.214. The van der Waals surface area contributed by atoms with Crippen LogP contribution in [0.3, 0.4) is 0 Å². The first-order chi connectivity index (χ1) is 9.88. The Morgan fingerprint density at radius 3 is 2.62 bits per heavy atom. The Morgan fingerprint density at radius 1 is 1.38 bits per heavy atom. The third-order valence-electron chi connectivity index (χ3n) is 3.05. The minimum atomic E-state index is -0.551. The molecular formula is C14H13ClN2O3S. The van der Waals surface area contributed by atoms with E-state index in [9.17, 15) is 14.9 Å². The SMILES string of the molecule is Cc1cc(CNC(=O)c2ccc([N+](=O)[O-])cc2Cl)sc1C. The average Bonchev–Trinajstić information content (AvgIpc) is 2.75. The van der Waals surface area contributed by atoms with Gasteiger partial charge in [0, 0.05) is 21.9 Å². The molecule has 1 aromatic heterocycles. The predicted octanol–water partition coefficient (Wildman–Crippen LogP) is 3.86. The first-order valence-electron chi connectivity index (χ1n) is 6.16. The molecule has 0 aliphatic rings. The van der Waals surface area contributed by atoms with E-state index in [1.165, 1.54) is 28.6 Å². The number of halogens is 1. The van der Waals surface area contributed by atoms with Crippen molar-refractivity contribution in [1.29, 1.82) is 0 Å². The molecule has 7 heteroatoms. The summed E-state index contributed by atoms with van der Waals surface area (Å²) in [7, 11) is 0. The van der Waals surface area contributed by atoms with Gasteiger partial charge in [0.2, 0.25) is 0 Å². The molecule has 0 fully saturated rings. The second kappa shape index (κ2) is 6.24. The molecule has 0 bridgehead atoms. The predicted molar refractivity (Wildman–Crippen MR) is 83.1 cm³/mol. The fourth-order valence-corrected chi connectivity index (χ4v) is 3.06. The van der Waals surface area contributed by atoms with Gasteiger partial charge in [0.05, 0.1) is 22.1 Å². The van der Waals surface area contributed by atoms with Gasteiger partial charge in [0.25, 0.3) is 11.6 Å². The number of aryl methyl sites for hydroxylation is 2. The average molecular weight is 325 g/mol. The number of nitrogens with one attached hydrogen (secondary N) is 1. The Bertz CT molecular complexity index is 693. The zero-order chi connectivity index (χ0) is 15.6. The highest BCUT2D eigenvalue weighted by Gasteiger charge is 2.15. The largest absolute Gasteiger partial charge is 0.347 e. The van der Waals surface area contributed by atoms with Gasteiger partial charge in [-0.05, 0) is 31.5 Å². The number of hydrogen-bond acceptors (Lipinski definition) is 4. The molecule has 21 heavy (non-hydrogen) atoms. The van der Waals surface area contributed by atoms with E-state index in [1.807, 2.05) is 19.9 Å². The van der Waals surface area contributed by atoms with E-state index in [-0.39, 0.29) is 22.2 Å². The van der Waals surface area contributed by atoms with E-state index in [1.54, 1.807) is 11.3 Å².